The minimum Gasteiger partial charge on any atom is -0.476 e. The minimum absolute atomic E-state index is 0.00770. The number of nitrogens with one attached hydrogen (secondary N) is 1. The summed E-state index contributed by atoms with van der Waals surface area (Å²) < 4.78 is 0. The number of rotatable bonds is 4. The minimum atomic E-state index is -1.06. The molecule has 0 saturated carbocycles. The van der Waals surface area contributed by atoms with Crippen LogP contribution in [0.15, 0.2) is 17.0 Å². The van der Waals surface area contributed by atoms with Crippen LogP contribution in [0.4, 0.5) is 0 Å². The second kappa shape index (κ2) is 5.58. The first-order valence-electron chi connectivity index (χ1n) is 5.04. The molecule has 0 bridgehead atoms. The SMILES string of the molecule is CC(C)=CC(=O)NC(C)c1nc(C(=O)O)cs1. The standard InChI is InChI=1S/C11H14N2O3S/c1-6(2)4-9(14)12-7(3)10-13-8(5-17-10)11(15)16/h4-5,7H,1-3H3,(H,12,14)(H,15,16). The molecule has 1 atom stereocenters. The highest BCUT2D eigenvalue weighted by atomic mass is 32.1. The number of carbonyl (C=O) groups excluding carboxylic acids is 1. The van der Waals surface area contributed by atoms with Gasteiger partial charge in [-0.1, -0.05) is 5.57 Å². The monoisotopic (exact) mass is 254 g/mol. The predicted molar refractivity (Wildman–Crippen MR) is 65.1 cm³/mol. The van der Waals surface area contributed by atoms with Crippen LogP contribution in [0.1, 0.15) is 42.3 Å². The number of nitrogens with zero attached hydrogens (tertiary/aromatic N) is 1. The third kappa shape index (κ3) is 3.99. The van der Waals surface area contributed by atoms with Crippen molar-refractivity contribution in [1.82, 2.24) is 10.3 Å². The summed E-state index contributed by atoms with van der Waals surface area (Å²) in [6, 6.07) is -0.295. The molecule has 1 heterocycles. The van der Waals surface area contributed by atoms with E-state index in [0.29, 0.717) is 5.01 Å². The van der Waals surface area contributed by atoms with Crippen molar-refractivity contribution in [2.45, 2.75) is 26.8 Å². The Morgan fingerprint density at radius 2 is 2.18 bits per heavy atom. The molecule has 17 heavy (non-hydrogen) atoms. The highest BCUT2D eigenvalue weighted by Gasteiger charge is 2.14. The molecule has 1 rings (SSSR count). The number of carboxylic acid groups (broad SMARTS) is 1. The van der Waals surface area contributed by atoms with E-state index in [9.17, 15) is 9.59 Å². The summed E-state index contributed by atoms with van der Waals surface area (Å²) in [5.74, 6) is -1.26. The summed E-state index contributed by atoms with van der Waals surface area (Å²) in [6.07, 6.45) is 1.49. The summed E-state index contributed by atoms with van der Waals surface area (Å²) in [5, 5.41) is 13.5. The van der Waals surface area contributed by atoms with E-state index in [1.807, 2.05) is 13.8 Å². The number of aromatic nitrogens is 1. The van der Waals surface area contributed by atoms with Gasteiger partial charge in [0.05, 0.1) is 6.04 Å². The van der Waals surface area contributed by atoms with Crippen LogP contribution in [0.5, 0.6) is 0 Å². The molecule has 1 aromatic rings. The van der Waals surface area contributed by atoms with Gasteiger partial charge in [0.25, 0.3) is 0 Å². The van der Waals surface area contributed by atoms with Crippen molar-refractivity contribution in [2.75, 3.05) is 0 Å². The number of carboxylic acids is 1. The van der Waals surface area contributed by atoms with Crippen LogP contribution < -0.4 is 5.32 Å². The molecule has 6 heteroatoms. The van der Waals surface area contributed by atoms with Gasteiger partial charge in [-0.05, 0) is 20.8 Å². The van der Waals surface area contributed by atoms with Crippen molar-refractivity contribution >= 4 is 23.2 Å². The van der Waals surface area contributed by atoms with Crippen LogP contribution in [0.25, 0.3) is 0 Å². The molecule has 0 spiro atoms. The number of hydrogen-bond acceptors (Lipinski definition) is 4. The zero-order valence-electron chi connectivity index (χ0n) is 9.85. The summed E-state index contributed by atoms with van der Waals surface area (Å²) in [6.45, 7) is 5.42. The topological polar surface area (TPSA) is 79.3 Å². The van der Waals surface area contributed by atoms with Crippen LogP contribution in [-0.4, -0.2) is 22.0 Å². The fourth-order valence-electron chi connectivity index (χ4n) is 1.16. The fraction of sp³-hybridized carbons (Fsp3) is 0.364. The maximum atomic E-state index is 11.5. The number of allylic oxidation sites excluding steroid dienone is 1. The van der Waals surface area contributed by atoms with Gasteiger partial charge in [0.1, 0.15) is 5.01 Å². The van der Waals surface area contributed by atoms with Crippen molar-refractivity contribution < 1.29 is 14.7 Å². The number of amides is 1. The summed E-state index contributed by atoms with van der Waals surface area (Å²) in [5.41, 5.74) is 0.911. The second-order valence-electron chi connectivity index (χ2n) is 3.83. The van der Waals surface area contributed by atoms with Gasteiger partial charge in [0.2, 0.25) is 5.91 Å². The maximum Gasteiger partial charge on any atom is 0.355 e. The first-order chi connectivity index (χ1) is 7.90. The van der Waals surface area contributed by atoms with E-state index in [1.165, 1.54) is 22.8 Å². The first-order valence-corrected chi connectivity index (χ1v) is 5.92. The first kappa shape index (κ1) is 13.4. The Labute approximate surface area is 103 Å². The van der Waals surface area contributed by atoms with Crippen LogP contribution in [0.3, 0.4) is 0 Å². The van der Waals surface area contributed by atoms with E-state index in [-0.39, 0.29) is 17.6 Å². The molecule has 0 aromatic carbocycles. The zero-order chi connectivity index (χ0) is 13.0. The quantitative estimate of drug-likeness (QED) is 0.805. The Morgan fingerprint density at radius 1 is 1.53 bits per heavy atom. The van der Waals surface area contributed by atoms with Crippen molar-refractivity contribution in [1.29, 1.82) is 0 Å². The van der Waals surface area contributed by atoms with Crippen LogP contribution in [0, 0.1) is 0 Å². The molecule has 0 aliphatic rings. The molecular formula is C11H14N2O3S. The normalized spacial score (nSPS) is 11.7. The van der Waals surface area contributed by atoms with Gasteiger partial charge in [-0.25, -0.2) is 9.78 Å². The molecule has 0 fully saturated rings. The van der Waals surface area contributed by atoms with Crippen molar-refractivity contribution in [3.05, 3.63) is 27.7 Å². The van der Waals surface area contributed by atoms with Gasteiger partial charge >= 0.3 is 5.97 Å². The lowest BCUT2D eigenvalue weighted by Gasteiger charge is -2.09. The largest absolute Gasteiger partial charge is 0.476 e. The van der Waals surface area contributed by atoms with Gasteiger partial charge in [-0.3, -0.25) is 4.79 Å². The average molecular weight is 254 g/mol. The van der Waals surface area contributed by atoms with Crippen molar-refractivity contribution in [3.8, 4) is 0 Å². The van der Waals surface area contributed by atoms with Crippen LogP contribution >= 0.6 is 11.3 Å². The average Bonchev–Trinajstić information content (AvgIpc) is 2.64. The maximum absolute atomic E-state index is 11.5. The molecule has 1 amide bonds. The lowest BCUT2D eigenvalue weighted by Crippen LogP contribution is -2.24. The molecular weight excluding hydrogens is 240 g/mol. The Morgan fingerprint density at radius 3 is 2.65 bits per heavy atom. The van der Waals surface area contributed by atoms with Gasteiger partial charge in [-0.2, -0.15) is 0 Å². The Bertz CT molecular complexity index is 461. The van der Waals surface area contributed by atoms with Gasteiger partial charge in [-0.15, -0.1) is 11.3 Å². The molecule has 2 N–H and O–H groups in total. The Hall–Kier alpha value is -1.69. The summed E-state index contributed by atoms with van der Waals surface area (Å²) in [7, 11) is 0. The van der Waals surface area contributed by atoms with E-state index in [4.69, 9.17) is 5.11 Å². The van der Waals surface area contributed by atoms with E-state index in [0.717, 1.165) is 5.57 Å². The van der Waals surface area contributed by atoms with E-state index in [2.05, 4.69) is 10.3 Å². The van der Waals surface area contributed by atoms with E-state index >= 15 is 0 Å². The third-order valence-corrected chi connectivity index (χ3v) is 2.92. The number of carbonyl (C=O) groups is 2. The third-order valence-electron chi connectivity index (χ3n) is 1.89. The molecule has 1 aromatic heterocycles. The molecule has 0 aliphatic carbocycles. The van der Waals surface area contributed by atoms with Gasteiger partial charge in [0.15, 0.2) is 5.69 Å². The molecule has 1 unspecified atom stereocenters. The Balaban J connectivity index is 2.69. The number of aromatic carboxylic acids is 1. The Kier molecular flexibility index (Phi) is 4.39. The predicted octanol–water partition coefficient (Wildman–Crippen LogP) is 1.98. The molecule has 92 valence electrons. The second-order valence-corrected chi connectivity index (χ2v) is 4.72. The molecule has 5 nitrogen and oxygen atoms in total. The highest BCUT2D eigenvalue weighted by molar-refractivity contribution is 7.09. The van der Waals surface area contributed by atoms with Crippen molar-refractivity contribution in [3.63, 3.8) is 0 Å². The zero-order valence-corrected chi connectivity index (χ0v) is 10.7. The summed E-state index contributed by atoms with van der Waals surface area (Å²) >= 11 is 1.22. The molecule has 0 aliphatic heterocycles. The lowest BCUT2D eigenvalue weighted by atomic mass is 10.3. The lowest BCUT2D eigenvalue weighted by molar-refractivity contribution is -0.117. The van der Waals surface area contributed by atoms with Crippen molar-refractivity contribution in [2.24, 2.45) is 0 Å². The van der Waals surface area contributed by atoms with Crippen LogP contribution in [0.2, 0.25) is 0 Å². The van der Waals surface area contributed by atoms with E-state index < -0.39 is 5.97 Å². The molecule has 0 radical (unpaired) electrons. The molecule has 0 saturated heterocycles. The van der Waals surface area contributed by atoms with Crippen LogP contribution in [-0.2, 0) is 4.79 Å². The summed E-state index contributed by atoms with van der Waals surface area (Å²) in [4.78, 5) is 26.0. The smallest absolute Gasteiger partial charge is 0.355 e. The van der Waals surface area contributed by atoms with Gasteiger partial charge in [0, 0.05) is 11.5 Å². The fourth-order valence-corrected chi connectivity index (χ4v) is 1.96. The number of hydrogen-bond donors (Lipinski definition) is 2. The van der Waals surface area contributed by atoms with E-state index in [1.54, 1.807) is 6.92 Å². The van der Waals surface area contributed by atoms with Gasteiger partial charge < -0.3 is 10.4 Å². The highest BCUT2D eigenvalue weighted by Crippen LogP contribution is 2.17. The number of thiazole rings is 1.